The third-order valence-electron chi connectivity index (χ3n) is 4.31. The molecule has 0 saturated heterocycles. The van der Waals surface area contributed by atoms with E-state index in [1.165, 1.54) is 0 Å². The Hall–Kier alpha value is -3.15. The zero-order valence-electron chi connectivity index (χ0n) is 14.6. The summed E-state index contributed by atoms with van der Waals surface area (Å²) in [6, 6.07) is 12.9. The lowest BCUT2D eigenvalue weighted by Crippen LogP contribution is -2.30. The van der Waals surface area contributed by atoms with E-state index in [4.69, 9.17) is 0 Å². The van der Waals surface area contributed by atoms with Gasteiger partial charge in [0.2, 0.25) is 5.91 Å². The Morgan fingerprint density at radius 1 is 1.19 bits per heavy atom. The van der Waals surface area contributed by atoms with Gasteiger partial charge >= 0.3 is 5.97 Å². The van der Waals surface area contributed by atoms with Crippen molar-refractivity contribution in [1.82, 2.24) is 15.1 Å². The van der Waals surface area contributed by atoms with Crippen molar-refractivity contribution < 1.29 is 14.7 Å². The molecule has 6 nitrogen and oxygen atoms in total. The summed E-state index contributed by atoms with van der Waals surface area (Å²) in [6.07, 6.45) is 4.29. The van der Waals surface area contributed by atoms with E-state index in [1.807, 2.05) is 55.7 Å². The number of carbonyl (C=O) groups excluding carboxylic acids is 1. The molecule has 2 aromatic carbocycles. The summed E-state index contributed by atoms with van der Waals surface area (Å²) in [5, 5.41) is 18.2. The molecule has 0 aliphatic rings. The van der Waals surface area contributed by atoms with Crippen molar-refractivity contribution in [3.63, 3.8) is 0 Å². The highest BCUT2D eigenvalue weighted by Gasteiger charge is 2.20. The van der Waals surface area contributed by atoms with E-state index in [0.29, 0.717) is 6.42 Å². The molecule has 1 atom stereocenters. The summed E-state index contributed by atoms with van der Waals surface area (Å²) < 4.78 is 1.69. The van der Waals surface area contributed by atoms with E-state index < -0.39 is 12.0 Å². The maximum Gasteiger partial charge on any atom is 0.305 e. The third-order valence-corrected chi connectivity index (χ3v) is 4.31. The summed E-state index contributed by atoms with van der Waals surface area (Å²) >= 11 is 0. The number of aromatic nitrogens is 2. The molecule has 0 aliphatic carbocycles. The molecule has 0 saturated carbocycles. The molecule has 1 aromatic heterocycles. The number of benzene rings is 2. The summed E-state index contributed by atoms with van der Waals surface area (Å²) in [7, 11) is 1.83. The van der Waals surface area contributed by atoms with Gasteiger partial charge in [0.15, 0.2) is 0 Å². The van der Waals surface area contributed by atoms with E-state index in [9.17, 15) is 14.7 Å². The molecule has 0 bridgehead atoms. The largest absolute Gasteiger partial charge is 0.481 e. The minimum absolute atomic E-state index is 0.160. The van der Waals surface area contributed by atoms with Crippen LogP contribution in [-0.2, 0) is 23.1 Å². The van der Waals surface area contributed by atoms with Gasteiger partial charge in [-0.2, -0.15) is 5.10 Å². The second-order valence-corrected chi connectivity index (χ2v) is 6.31. The number of nitrogens with one attached hydrogen (secondary N) is 1. The molecule has 0 aliphatic heterocycles. The van der Waals surface area contributed by atoms with Gasteiger partial charge in [0.05, 0.1) is 18.7 Å². The summed E-state index contributed by atoms with van der Waals surface area (Å²) in [5.74, 6) is -1.12. The van der Waals surface area contributed by atoms with Crippen LogP contribution in [0.2, 0.25) is 0 Å². The fourth-order valence-corrected chi connectivity index (χ4v) is 3.09. The molecule has 0 unspecified atom stereocenters. The minimum Gasteiger partial charge on any atom is -0.481 e. The first-order valence-corrected chi connectivity index (χ1v) is 8.49. The molecule has 1 amide bonds. The summed E-state index contributed by atoms with van der Waals surface area (Å²) in [4.78, 5) is 23.7. The van der Waals surface area contributed by atoms with Gasteiger partial charge in [0.1, 0.15) is 0 Å². The molecule has 0 fully saturated rings. The second-order valence-electron chi connectivity index (χ2n) is 6.31. The number of aliphatic carboxylic acids is 1. The van der Waals surface area contributed by atoms with Gasteiger partial charge in [-0.15, -0.1) is 0 Å². The standard InChI is InChI=1S/C20H21N3O3/c1-23-13-14(12-21-23)9-10-19(24)22-18(11-20(25)26)17-8-4-6-15-5-2-3-7-16(15)17/h2-8,12-13,18H,9-11H2,1H3,(H,22,24)(H,25,26)/t18-/m1/s1. The van der Waals surface area contributed by atoms with Gasteiger partial charge in [-0.25, -0.2) is 0 Å². The SMILES string of the molecule is Cn1cc(CCC(=O)N[C@H](CC(=O)O)c2cccc3ccccc23)cn1. The lowest BCUT2D eigenvalue weighted by molar-refractivity contribution is -0.137. The Balaban J connectivity index is 1.77. The zero-order valence-corrected chi connectivity index (χ0v) is 14.6. The van der Waals surface area contributed by atoms with Gasteiger partial charge in [-0.3, -0.25) is 14.3 Å². The van der Waals surface area contributed by atoms with E-state index in [2.05, 4.69) is 10.4 Å². The number of carbonyl (C=O) groups is 2. The fraction of sp³-hybridized carbons (Fsp3) is 0.250. The molecule has 6 heteroatoms. The monoisotopic (exact) mass is 351 g/mol. The number of rotatable bonds is 7. The van der Waals surface area contributed by atoms with Crippen molar-refractivity contribution >= 4 is 22.6 Å². The topological polar surface area (TPSA) is 84.2 Å². The number of fused-ring (bicyclic) bond motifs is 1. The summed E-state index contributed by atoms with van der Waals surface area (Å²) in [5.41, 5.74) is 1.79. The average molecular weight is 351 g/mol. The van der Waals surface area contributed by atoms with Gasteiger partial charge in [0.25, 0.3) is 0 Å². The average Bonchev–Trinajstić information content (AvgIpc) is 3.04. The van der Waals surface area contributed by atoms with Crippen LogP contribution in [0, 0.1) is 0 Å². The third kappa shape index (κ3) is 4.27. The molecule has 3 rings (SSSR count). The first kappa shape index (κ1) is 17.7. The smallest absolute Gasteiger partial charge is 0.305 e. The second kappa shape index (κ2) is 7.82. The molecule has 26 heavy (non-hydrogen) atoms. The number of carboxylic acid groups (broad SMARTS) is 1. The van der Waals surface area contributed by atoms with Crippen LogP contribution < -0.4 is 5.32 Å². The first-order valence-electron chi connectivity index (χ1n) is 8.49. The van der Waals surface area contributed by atoms with Crippen LogP contribution in [-0.4, -0.2) is 26.8 Å². The van der Waals surface area contributed by atoms with Gasteiger partial charge in [-0.05, 0) is 28.3 Å². The lowest BCUT2D eigenvalue weighted by atomic mass is 9.96. The minimum atomic E-state index is -0.949. The van der Waals surface area contributed by atoms with E-state index in [1.54, 1.807) is 10.9 Å². The van der Waals surface area contributed by atoms with Crippen LogP contribution in [0.3, 0.4) is 0 Å². The van der Waals surface area contributed by atoms with Crippen molar-refractivity contribution in [2.75, 3.05) is 0 Å². The predicted octanol–water partition coefficient (Wildman–Crippen LogP) is 2.84. The maximum atomic E-state index is 12.4. The number of hydrogen-bond acceptors (Lipinski definition) is 3. The Bertz CT molecular complexity index is 927. The highest BCUT2D eigenvalue weighted by molar-refractivity contribution is 5.87. The van der Waals surface area contributed by atoms with Crippen LogP contribution in [0.5, 0.6) is 0 Å². The number of nitrogens with zero attached hydrogens (tertiary/aromatic N) is 2. The van der Waals surface area contributed by atoms with Crippen LogP contribution in [0.4, 0.5) is 0 Å². The van der Waals surface area contributed by atoms with Crippen LogP contribution in [0.1, 0.15) is 30.0 Å². The Kier molecular flexibility index (Phi) is 5.31. The van der Waals surface area contributed by atoms with E-state index in [-0.39, 0.29) is 18.7 Å². The normalized spacial score (nSPS) is 12.0. The zero-order chi connectivity index (χ0) is 18.5. The van der Waals surface area contributed by atoms with Crippen molar-refractivity contribution in [2.45, 2.75) is 25.3 Å². The van der Waals surface area contributed by atoms with E-state index in [0.717, 1.165) is 21.9 Å². The summed E-state index contributed by atoms with van der Waals surface area (Å²) in [6.45, 7) is 0. The molecule has 2 N–H and O–H groups in total. The molecule has 0 radical (unpaired) electrons. The number of hydrogen-bond donors (Lipinski definition) is 2. The number of carboxylic acids is 1. The Morgan fingerprint density at radius 2 is 1.96 bits per heavy atom. The molecule has 134 valence electrons. The van der Waals surface area contributed by atoms with Crippen LogP contribution in [0.25, 0.3) is 10.8 Å². The maximum absolute atomic E-state index is 12.4. The molecule has 0 spiro atoms. The molecular formula is C20H21N3O3. The molecule has 3 aromatic rings. The Morgan fingerprint density at radius 3 is 2.69 bits per heavy atom. The van der Waals surface area contributed by atoms with Gasteiger partial charge in [0, 0.05) is 19.7 Å². The van der Waals surface area contributed by atoms with Crippen LogP contribution in [0.15, 0.2) is 54.9 Å². The van der Waals surface area contributed by atoms with Crippen molar-refractivity contribution in [1.29, 1.82) is 0 Å². The van der Waals surface area contributed by atoms with Crippen molar-refractivity contribution in [3.8, 4) is 0 Å². The Labute approximate surface area is 151 Å². The van der Waals surface area contributed by atoms with Crippen LogP contribution >= 0.6 is 0 Å². The number of aryl methyl sites for hydroxylation is 2. The van der Waals surface area contributed by atoms with E-state index >= 15 is 0 Å². The lowest BCUT2D eigenvalue weighted by Gasteiger charge is -2.19. The van der Waals surface area contributed by atoms with Crippen molar-refractivity contribution in [2.24, 2.45) is 7.05 Å². The molecule has 1 heterocycles. The van der Waals surface area contributed by atoms with Crippen molar-refractivity contribution in [3.05, 3.63) is 66.0 Å². The first-order chi connectivity index (χ1) is 12.5. The quantitative estimate of drug-likeness (QED) is 0.685. The number of amides is 1. The van der Waals surface area contributed by atoms with Gasteiger partial charge in [-0.1, -0.05) is 42.5 Å². The predicted molar refractivity (Wildman–Crippen MR) is 98.6 cm³/mol. The van der Waals surface area contributed by atoms with Gasteiger partial charge < -0.3 is 10.4 Å². The fourth-order valence-electron chi connectivity index (χ4n) is 3.09. The molecular weight excluding hydrogens is 330 g/mol. The highest BCUT2D eigenvalue weighted by atomic mass is 16.4. The highest BCUT2D eigenvalue weighted by Crippen LogP contribution is 2.26.